The monoisotopic (exact) mass is 414 g/mol. The van der Waals surface area contributed by atoms with Gasteiger partial charge in [0.2, 0.25) is 0 Å². The standard InChI is InChI=1S/C19H24F2N2O6/c1-11-15(17(24)28-9-8-26-4)16(23(3)19(25)22(11)2)12-6-7-13(27-5)14(10-12)29-18(20)21/h6-7,10,16,18H,8-9H2,1-5H3/t16-/m1/s1. The smallest absolute Gasteiger partial charge is 0.387 e. The Morgan fingerprint density at radius 1 is 1.17 bits per heavy atom. The molecule has 0 aliphatic carbocycles. The van der Waals surface area contributed by atoms with Gasteiger partial charge in [0.1, 0.15) is 6.61 Å². The number of esters is 1. The van der Waals surface area contributed by atoms with E-state index in [1.165, 1.54) is 50.2 Å². The van der Waals surface area contributed by atoms with Crippen molar-refractivity contribution in [2.75, 3.05) is 41.5 Å². The largest absolute Gasteiger partial charge is 0.493 e. The fourth-order valence-corrected chi connectivity index (χ4v) is 3.06. The summed E-state index contributed by atoms with van der Waals surface area (Å²) in [5, 5.41) is 0. The first kappa shape index (κ1) is 22.4. The van der Waals surface area contributed by atoms with Crippen LogP contribution in [0.4, 0.5) is 13.6 Å². The summed E-state index contributed by atoms with van der Waals surface area (Å²) in [6, 6.07) is 3.10. The van der Waals surface area contributed by atoms with E-state index in [-0.39, 0.29) is 36.3 Å². The number of likely N-dealkylation sites (N-methyl/N-ethyl adjacent to an activating group) is 1. The molecule has 1 aliphatic rings. The molecular weight excluding hydrogens is 390 g/mol. The highest BCUT2D eigenvalue weighted by Gasteiger charge is 2.39. The second-order valence-corrected chi connectivity index (χ2v) is 6.27. The van der Waals surface area contributed by atoms with Crippen molar-refractivity contribution in [1.29, 1.82) is 0 Å². The fourth-order valence-electron chi connectivity index (χ4n) is 3.06. The van der Waals surface area contributed by atoms with Gasteiger partial charge in [-0.3, -0.25) is 0 Å². The number of carbonyl (C=O) groups is 2. The van der Waals surface area contributed by atoms with Crippen LogP contribution in [0.5, 0.6) is 11.5 Å². The number of rotatable bonds is 8. The van der Waals surface area contributed by atoms with Crippen LogP contribution >= 0.6 is 0 Å². The zero-order valence-corrected chi connectivity index (χ0v) is 16.9. The molecule has 1 aliphatic heterocycles. The van der Waals surface area contributed by atoms with Crippen LogP contribution in [0.15, 0.2) is 29.5 Å². The molecule has 1 aromatic rings. The van der Waals surface area contributed by atoms with Crippen LogP contribution in [0.3, 0.4) is 0 Å². The van der Waals surface area contributed by atoms with Gasteiger partial charge < -0.3 is 28.7 Å². The molecule has 2 amide bonds. The van der Waals surface area contributed by atoms with Crippen molar-refractivity contribution in [2.45, 2.75) is 19.6 Å². The topological polar surface area (TPSA) is 77.5 Å². The van der Waals surface area contributed by atoms with Crippen LogP contribution in [-0.4, -0.2) is 69.9 Å². The van der Waals surface area contributed by atoms with Gasteiger partial charge in [0, 0.05) is 26.9 Å². The molecule has 0 bridgehead atoms. The highest BCUT2D eigenvalue weighted by atomic mass is 19.3. The highest BCUT2D eigenvalue weighted by Crippen LogP contribution is 2.39. The molecule has 1 atom stereocenters. The van der Waals surface area contributed by atoms with Gasteiger partial charge in [-0.15, -0.1) is 0 Å². The maximum atomic E-state index is 12.8. The van der Waals surface area contributed by atoms with Crippen molar-refractivity contribution in [1.82, 2.24) is 9.80 Å². The number of carbonyl (C=O) groups excluding carboxylic acids is 2. The number of benzene rings is 1. The van der Waals surface area contributed by atoms with E-state index in [4.69, 9.17) is 14.2 Å². The van der Waals surface area contributed by atoms with E-state index in [2.05, 4.69) is 4.74 Å². The number of allylic oxidation sites excluding steroid dienone is 1. The van der Waals surface area contributed by atoms with Gasteiger partial charge in [-0.2, -0.15) is 8.78 Å². The third kappa shape index (κ3) is 4.76. The van der Waals surface area contributed by atoms with Gasteiger partial charge >= 0.3 is 18.6 Å². The number of hydrogen-bond acceptors (Lipinski definition) is 6. The van der Waals surface area contributed by atoms with Crippen LogP contribution in [0, 0.1) is 0 Å². The van der Waals surface area contributed by atoms with E-state index < -0.39 is 18.6 Å². The fraction of sp³-hybridized carbons (Fsp3) is 0.474. The zero-order valence-electron chi connectivity index (χ0n) is 16.9. The number of methoxy groups -OCH3 is 2. The molecule has 0 saturated heterocycles. The Bertz CT molecular complexity index is 799. The summed E-state index contributed by atoms with van der Waals surface area (Å²) in [6.07, 6.45) is 0. The van der Waals surface area contributed by atoms with Gasteiger partial charge in [0.25, 0.3) is 0 Å². The first-order chi connectivity index (χ1) is 13.7. The van der Waals surface area contributed by atoms with Gasteiger partial charge in [-0.1, -0.05) is 6.07 Å². The molecule has 10 heteroatoms. The molecule has 0 saturated carbocycles. The average Bonchev–Trinajstić information content (AvgIpc) is 2.68. The molecule has 0 unspecified atom stereocenters. The Morgan fingerprint density at radius 2 is 1.86 bits per heavy atom. The van der Waals surface area contributed by atoms with Crippen molar-refractivity contribution in [2.24, 2.45) is 0 Å². The summed E-state index contributed by atoms with van der Waals surface area (Å²) < 4.78 is 45.3. The number of nitrogens with zero attached hydrogens (tertiary/aromatic N) is 2. The normalized spacial score (nSPS) is 17.1. The lowest BCUT2D eigenvalue weighted by Crippen LogP contribution is -2.47. The molecule has 2 rings (SSSR count). The highest BCUT2D eigenvalue weighted by molar-refractivity contribution is 5.95. The summed E-state index contributed by atoms with van der Waals surface area (Å²) in [4.78, 5) is 28.0. The summed E-state index contributed by atoms with van der Waals surface area (Å²) in [6.45, 7) is -1.21. The lowest BCUT2D eigenvalue weighted by molar-refractivity contribution is -0.141. The zero-order chi connectivity index (χ0) is 21.7. The maximum absolute atomic E-state index is 12.8. The summed E-state index contributed by atoms with van der Waals surface area (Å²) >= 11 is 0. The quantitative estimate of drug-likeness (QED) is 0.481. The maximum Gasteiger partial charge on any atom is 0.387 e. The molecular formula is C19H24F2N2O6. The average molecular weight is 414 g/mol. The molecule has 0 fully saturated rings. The second kappa shape index (κ2) is 9.55. The minimum atomic E-state index is -3.06. The van der Waals surface area contributed by atoms with Crippen molar-refractivity contribution >= 4 is 12.0 Å². The molecule has 1 heterocycles. The lowest BCUT2D eigenvalue weighted by Gasteiger charge is -2.39. The molecule has 160 valence electrons. The number of ether oxygens (including phenoxy) is 4. The Hall–Kier alpha value is -2.88. The lowest BCUT2D eigenvalue weighted by atomic mass is 9.93. The third-order valence-corrected chi connectivity index (χ3v) is 4.60. The minimum absolute atomic E-state index is 0.0303. The molecule has 0 spiro atoms. The van der Waals surface area contributed by atoms with E-state index in [0.717, 1.165) is 0 Å². The van der Waals surface area contributed by atoms with Crippen LogP contribution in [0.1, 0.15) is 18.5 Å². The second-order valence-electron chi connectivity index (χ2n) is 6.27. The summed E-state index contributed by atoms with van der Waals surface area (Å²) in [5.74, 6) is -0.742. The van der Waals surface area contributed by atoms with Crippen molar-refractivity contribution in [3.63, 3.8) is 0 Å². The van der Waals surface area contributed by atoms with E-state index in [1.807, 2.05) is 0 Å². The molecule has 0 radical (unpaired) electrons. The first-order valence-electron chi connectivity index (χ1n) is 8.73. The Morgan fingerprint density at radius 3 is 2.45 bits per heavy atom. The molecule has 8 nitrogen and oxygen atoms in total. The number of halogens is 2. The van der Waals surface area contributed by atoms with Gasteiger partial charge in [0.15, 0.2) is 11.5 Å². The number of urea groups is 1. The van der Waals surface area contributed by atoms with Gasteiger partial charge in [0.05, 0.1) is 25.3 Å². The van der Waals surface area contributed by atoms with Crippen molar-refractivity contribution in [3.05, 3.63) is 35.0 Å². The molecule has 1 aromatic carbocycles. The van der Waals surface area contributed by atoms with Crippen LogP contribution in [0.25, 0.3) is 0 Å². The predicted octanol–water partition coefficient (Wildman–Crippen LogP) is 2.80. The molecule has 0 aromatic heterocycles. The summed E-state index contributed by atoms with van der Waals surface area (Å²) in [7, 11) is 5.84. The van der Waals surface area contributed by atoms with Gasteiger partial charge in [-0.25, -0.2) is 9.59 Å². The van der Waals surface area contributed by atoms with Crippen LogP contribution in [0.2, 0.25) is 0 Å². The third-order valence-electron chi connectivity index (χ3n) is 4.60. The SMILES string of the molecule is COCCOC(=O)C1=C(C)N(C)C(=O)N(C)[C@@H]1c1ccc(OC)c(OC(F)F)c1. The minimum Gasteiger partial charge on any atom is -0.493 e. The van der Waals surface area contributed by atoms with Gasteiger partial charge in [-0.05, 0) is 24.6 Å². The Balaban J connectivity index is 2.53. The van der Waals surface area contributed by atoms with E-state index >= 15 is 0 Å². The molecule has 0 N–H and O–H groups in total. The predicted molar refractivity (Wildman–Crippen MR) is 98.8 cm³/mol. The van der Waals surface area contributed by atoms with Crippen LogP contribution in [-0.2, 0) is 14.3 Å². The summed E-state index contributed by atoms with van der Waals surface area (Å²) in [5.41, 5.74) is 0.995. The Kier molecular flexibility index (Phi) is 7.38. The Labute approximate surface area is 167 Å². The van der Waals surface area contributed by atoms with Crippen molar-refractivity contribution in [3.8, 4) is 11.5 Å². The first-order valence-corrected chi connectivity index (χ1v) is 8.73. The number of alkyl halides is 2. The number of amides is 2. The van der Waals surface area contributed by atoms with Crippen LogP contribution < -0.4 is 9.47 Å². The van der Waals surface area contributed by atoms with Crippen molar-refractivity contribution < 1.29 is 37.3 Å². The molecule has 29 heavy (non-hydrogen) atoms. The van der Waals surface area contributed by atoms with E-state index in [1.54, 1.807) is 13.0 Å². The number of hydrogen-bond donors (Lipinski definition) is 0. The van der Waals surface area contributed by atoms with E-state index in [9.17, 15) is 18.4 Å². The van der Waals surface area contributed by atoms with E-state index in [0.29, 0.717) is 11.3 Å².